The number of benzene rings is 1. The molecule has 0 spiro atoms. The highest BCUT2D eigenvalue weighted by atomic mass is 16.3. The molecule has 0 aliphatic rings. The summed E-state index contributed by atoms with van der Waals surface area (Å²) in [6.45, 7) is 0.235. The molecule has 1 unspecified atom stereocenters. The van der Waals surface area contributed by atoms with Crippen molar-refractivity contribution in [1.82, 2.24) is 0 Å². The van der Waals surface area contributed by atoms with Crippen molar-refractivity contribution in [2.45, 2.75) is 12.5 Å². The minimum Gasteiger partial charge on any atom is -0.390 e. The second-order valence-electron chi connectivity index (χ2n) is 4.64. The quantitative estimate of drug-likeness (QED) is 0.716. The third-order valence-corrected chi connectivity index (χ3v) is 2.62. The average Bonchev–Trinajstić information content (AvgIpc) is 2.14. The van der Waals surface area contributed by atoms with Gasteiger partial charge in [-0.1, -0.05) is 30.3 Å². The summed E-state index contributed by atoms with van der Waals surface area (Å²) in [7, 11) is 6.34. The summed E-state index contributed by atoms with van der Waals surface area (Å²) >= 11 is 0. The van der Waals surface area contributed by atoms with Gasteiger partial charge in [0.05, 0.1) is 27.7 Å². The highest BCUT2D eigenvalue weighted by Crippen LogP contribution is 2.10. The lowest BCUT2D eigenvalue weighted by Gasteiger charge is -2.33. The highest BCUT2D eigenvalue weighted by Gasteiger charge is 2.22. The van der Waals surface area contributed by atoms with Crippen molar-refractivity contribution in [3.8, 4) is 0 Å². The van der Waals surface area contributed by atoms with Crippen molar-refractivity contribution >= 4 is 0 Å². The molecule has 0 bridgehead atoms. The number of quaternary nitrogens is 1. The predicted molar refractivity (Wildman–Crippen MR) is 59.1 cm³/mol. The van der Waals surface area contributed by atoms with Crippen LogP contribution in [0.1, 0.15) is 5.56 Å². The topological polar surface area (TPSA) is 20.2 Å². The summed E-state index contributed by atoms with van der Waals surface area (Å²) < 4.78 is 0.797. The maximum atomic E-state index is 9.31. The zero-order valence-corrected chi connectivity index (χ0v) is 9.27. The number of hydrogen-bond donors (Lipinski definition) is 1. The molecule has 0 saturated carbocycles. The normalized spacial score (nSPS) is 14.0. The Morgan fingerprint density at radius 2 is 1.71 bits per heavy atom. The fourth-order valence-electron chi connectivity index (χ4n) is 1.47. The van der Waals surface area contributed by atoms with E-state index in [1.54, 1.807) is 0 Å². The van der Waals surface area contributed by atoms with Crippen molar-refractivity contribution in [1.29, 1.82) is 0 Å². The maximum absolute atomic E-state index is 9.31. The summed E-state index contributed by atoms with van der Waals surface area (Å²) in [5, 5.41) is 9.31. The molecule has 14 heavy (non-hydrogen) atoms. The number of nitrogens with zero attached hydrogens (tertiary/aromatic N) is 1. The molecule has 0 radical (unpaired) electrons. The van der Waals surface area contributed by atoms with Crippen LogP contribution >= 0.6 is 0 Å². The first-order chi connectivity index (χ1) is 6.54. The monoisotopic (exact) mass is 194 g/mol. The van der Waals surface area contributed by atoms with Crippen LogP contribution in [-0.4, -0.2) is 43.4 Å². The van der Waals surface area contributed by atoms with Crippen LogP contribution in [0.25, 0.3) is 0 Å². The molecular formula is C12H20NO+. The first-order valence-corrected chi connectivity index (χ1v) is 5.00. The summed E-state index contributed by atoms with van der Waals surface area (Å²) in [5.41, 5.74) is 1.29. The van der Waals surface area contributed by atoms with Gasteiger partial charge in [-0.2, -0.15) is 0 Å². The smallest absolute Gasteiger partial charge is 0.116 e. The third kappa shape index (κ3) is 3.13. The number of aliphatic hydroxyl groups is 1. The van der Waals surface area contributed by atoms with E-state index < -0.39 is 0 Å². The molecule has 0 fully saturated rings. The van der Waals surface area contributed by atoms with Crippen LogP contribution in [0.3, 0.4) is 0 Å². The molecule has 0 aromatic heterocycles. The van der Waals surface area contributed by atoms with Crippen LogP contribution in [0, 0.1) is 0 Å². The van der Waals surface area contributed by atoms with Gasteiger partial charge in [0.2, 0.25) is 0 Å². The average molecular weight is 194 g/mol. The number of rotatable bonds is 4. The van der Waals surface area contributed by atoms with Gasteiger partial charge in [-0.3, -0.25) is 0 Å². The summed E-state index contributed by atoms with van der Waals surface area (Å²) in [6, 6.07) is 10.6. The van der Waals surface area contributed by atoms with Crippen molar-refractivity contribution in [2.75, 3.05) is 27.7 Å². The van der Waals surface area contributed by atoms with E-state index >= 15 is 0 Å². The van der Waals surface area contributed by atoms with Gasteiger partial charge in [0, 0.05) is 6.42 Å². The maximum Gasteiger partial charge on any atom is 0.116 e. The second-order valence-corrected chi connectivity index (χ2v) is 4.64. The van der Waals surface area contributed by atoms with Crippen molar-refractivity contribution < 1.29 is 9.59 Å². The summed E-state index contributed by atoms with van der Waals surface area (Å²) in [5.74, 6) is 0. The van der Waals surface area contributed by atoms with E-state index in [0.717, 1.165) is 10.9 Å². The van der Waals surface area contributed by atoms with Crippen LogP contribution in [0.4, 0.5) is 0 Å². The lowest BCUT2D eigenvalue weighted by atomic mass is 10.0. The van der Waals surface area contributed by atoms with E-state index in [9.17, 15) is 5.11 Å². The fraction of sp³-hybridized carbons (Fsp3) is 0.500. The van der Waals surface area contributed by atoms with E-state index in [-0.39, 0.29) is 12.6 Å². The Kier molecular flexibility index (Phi) is 3.67. The second kappa shape index (κ2) is 4.58. The largest absolute Gasteiger partial charge is 0.390 e. The molecule has 1 aromatic rings. The van der Waals surface area contributed by atoms with Crippen molar-refractivity contribution in [3.05, 3.63) is 35.9 Å². The van der Waals surface area contributed by atoms with Crippen LogP contribution in [-0.2, 0) is 6.42 Å². The Labute approximate surface area is 86.4 Å². The van der Waals surface area contributed by atoms with Crippen LogP contribution in [0.5, 0.6) is 0 Å². The van der Waals surface area contributed by atoms with Crippen LogP contribution in [0.15, 0.2) is 30.3 Å². The molecule has 1 N–H and O–H groups in total. The SMILES string of the molecule is C[N+](C)(C)C(CO)Cc1ccccc1. The standard InChI is InChI=1S/C12H20NO/c1-13(2,3)12(10-14)9-11-7-5-4-6-8-11/h4-8,12,14H,9-10H2,1-3H3/q+1. The third-order valence-electron chi connectivity index (χ3n) is 2.62. The van der Waals surface area contributed by atoms with Crippen LogP contribution < -0.4 is 0 Å². The van der Waals surface area contributed by atoms with E-state index in [0.29, 0.717) is 0 Å². The number of hydrogen-bond acceptors (Lipinski definition) is 1. The van der Waals surface area contributed by atoms with E-state index in [1.165, 1.54) is 5.56 Å². The van der Waals surface area contributed by atoms with Crippen LogP contribution in [0.2, 0.25) is 0 Å². The van der Waals surface area contributed by atoms with E-state index in [2.05, 4.69) is 33.3 Å². The zero-order valence-electron chi connectivity index (χ0n) is 9.27. The van der Waals surface area contributed by atoms with Gasteiger partial charge in [-0.25, -0.2) is 0 Å². The molecular weight excluding hydrogens is 174 g/mol. The zero-order chi connectivity index (χ0) is 10.6. The molecule has 0 saturated heterocycles. The molecule has 78 valence electrons. The number of aliphatic hydroxyl groups excluding tert-OH is 1. The molecule has 1 rings (SSSR count). The van der Waals surface area contributed by atoms with Gasteiger partial charge in [0.1, 0.15) is 6.04 Å². The molecule has 2 heteroatoms. The van der Waals surface area contributed by atoms with Gasteiger partial charge in [0.15, 0.2) is 0 Å². The molecule has 1 aromatic carbocycles. The highest BCUT2D eigenvalue weighted by molar-refractivity contribution is 5.15. The van der Waals surface area contributed by atoms with Crippen molar-refractivity contribution in [2.24, 2.45) is 0 Å². The fourth-order valence-corrected chi connectivity index (χ4v) is 1.47. The molecule has 0 amide bonds. The Hall–Kier alpha value is -0.860. The predicted octanol–water partition coefficient (Wildman–Crippen LogP) is 1.30. The van der Waals surface area contributed by atoms with Gasteiger partial charge >= 0.3 is 0 Å². The minimum absolute atomic E-state index is 0.235. The molecule has 0 heterocycles. The molecule has 2 nitrogen and oxygen atoms in total. The Balaban J connectivity index is 2.67. The Morgan fingerprint density at radius 3 is 2.14 bits per heavy atom. The number of likely N-dealkylation sites (N-methyl/N-ethyl adjacent to an activating group) is 1. The summed E-state index contributed by atoms with van der Waals surface area (Å²) in [4.78, 5) is 0. The van der Waals surface area contributed by atoms with Crippen molar-refractivity contribution in [3.63, 3.8) is 0 Å². The van der Waals surface area contributed by atoms with E-state index in [1.807, 2.05) is 18.2 Å². The van der Waals surface area contributed by atoms with Gasteiger partial charge < -0.3 is 9.59 Å². The minimum atomic E-state index is 0.235. The van der Waals surface area contributed by atoms with E-state index in [4.69, 9.17) is 0 Å². The molecule has 0 aliphatic carbocycles. The summed E-state index contributed by atoms with van der Waals surface area (Å²) in [6.07, 6.45) is 0.931. The molecule has 1 atom stereocenters. The first kappa shape index (κ1) is 11.2. The Morgan fingerprint density at radius 1 is 1.14 bits per heavy atom. The Bertz CT molecular complexity index is 263. The lowest BCUT2D eigenvalue weighted by molar-refractivity contribution is -0.896. The lowest BCUT2D eigenvalue weighted by Crippen LogP contribution is -2.48. The van der Waals surface area contributed by atoms with Gasteiger partial charge in [-0.15, -0.1) is 0 Å². The van der Waals surface area contributed by atoms with Gasteiger partial charge in [-0.05, 0) is 5.56 Å². The first-order valence-electron chi connectivity index (χ1n) is 5.00. The van der Waals surface area contributed by atoms with Gasteiger partial charge in [0.25, 0.3) is 0 Å². The molecule has 0 aliphatic heterocycles.